The highest BCUT2D eigenvalue weighted by molar-refractivity contribution is 5.82. The molecule has 1 aromatic heterocycles. The van der Waals surface area contributed by atoms with E-state index in [9.17, 15) is 0 Å². The topological polar surface area (TPSA) is 39.5 Å². The van der Waals surface area contributed by atoms with Gasteiger partial charge in [-0.15, -0.1) is 0 Å². The van der Waals surface area contributed by atoms with Crippen LogP contribution in [0.2, 0.25) is 0 Å². The Bertz CT molecular complexity index is 1200. The monoisotopic (exact) mass is 471 g/mol. The minimum Gasteiger partial charge on any atom is -0.493 e. The van der Waals surface area contributed by atoms with Crippen LogP contribution >= 0.6 is 0 Å². The molecule has 0 radical (unpaired) electrons. The standard InChI is InChI=1S/C30H37N3O2/c1-4-7-20-33-29-23-26(34-21-12-19-32(5-2)6-3)17-18-28(29)31-30(33)24-13-11-16-27(22-24)35-25-14-9-8-10-15-25/h8-11,13-18,22-23H,4-7,12,19-21H2,1-3H3. The molecule has 5 nitrogen and oxygen atoms in total. The maximum absolute atomic E-state index is 6.13. The normalized spacial score (nSPS) is 11.3. The van der Waals surface area contributed by atoms with Gasteiger partial charge in [0.1, 0.15) is 23.1 Å². The van der Waals surface area contributed by atoms with Crippen LogP contribution < -0.4 is 9.47 Å². The summed E-state index contributed by atoms with van der Waals surface area (Å²) >= 11 is 0. The van der Waals surface area contributed by atoms with Gasteiger partial charge in [-0.3, -0.25) is 0 Å². The maximum atomic E-state index is 6.13. The Morgan fingerprint density at radius 1 is 0.800 bits per heavy atom. The summed E-state index contributed by atoms with van der Waals surface area (Å²) in [6, 6.07) is 24.3. The van der Waals surface area contributed by atoms with Gasteiger partial charge in [0.25, 0.3) is 0 Å². The summed E-state index contributed by atoms with van der Waals surface area (Å²) in [5.41, 5.74) is 3.15. The number of imidazole rings is 1. The summed E-state index contributed by atoms with van der Waals surface area (Å²) < 4.78 is 14.5. The van der Waals surface area contributed by atoms with Gasteiger partial charge in [-0.25, -0.2) is 4.98 Å². The van der Waals surface area contributed by atoms with Gasteiger partial charge in [0, 0.05) is 24.7 Å². The molecule has 0 amide bonds. The van der Waals surface area contributed by atoms with Crippen molar-refractivity contribution in [2.45, 2.75) is 46.6 Å². The van der Waals surface area contributed by atoms with Crippen molar-refractivity contribution in [3.05, 3.63) is 72.8 Å². The molecule has 0 unspecified atom stereocenters. The second-order valence-electron chi connectivity index (χ2n) is 8.76. The molecule has 0 aliphatic rings. The van der Waals surface area contributed by atoms with Crippen molar-refractivity contribution in [2.24, 2.45) is 0 Å². The van der Waals surface area contributed by atoms with Crippen LogP contribution in [-0.2, 0) is 6.54 Å². The van der Waals surface area contributed by atoms with E-state index in [-0.39, 0.29) is 0 Å². The van der Waals surface area contributed by atoms with Gasteiger partial charge < -0.3 is 18.9 Å². The summed E-state index contributed by atoms with van der Waals surface area (Å²) in [5, 5.41) is 0. The lowest BCUT2D eigenvalue weighted by atomic mass is 10.2. The van der Waals surface area contributed by atoms with Crippen LogP contribution in [0.1, 0.15) is 40.0 Å². The number of nitrogens with zero attached hydrogens (tertiary/aromatic N) is 3. The fourth-order valence-corrected chi connectivity index (χ4v) is 4.30. The molecule has 0 N–H and O–H groups in total. The number of rotatable bonds is 13. The third kappa shape index (κ3) is 6.43. The first kappa shape index (κ1) is 24.8. The fourth-order valence-electron chi connectivity index (χ4n) is 4.30. The lowest BCUT2D eigenvalue weighted by Gasteiger charge is -2.17. The zero-order valence-electron chi connectivity index (χ0n) is 21.2. The number of hydrogen-bond donors (Lipinski definition) is 0. The fraction of sp³-hybridized carbons (Fsp3) is 0.367. The Kier molecular flexibility index (Phi) is 8.79. The first-order chi connectivity index (χ1) is 17.2. The van der Waals surface area contributed by atoms with Crippen molar-refractivity contribution in [3.63, 3.8) is 0 Å². The molecule has 0 aliphatic heterocycles. The third-order valence-corrected chi connectivity index (χ3v) is 6.31. The summed E-state index contributed by atoms with van der Waals surface area (Å²) in [5.74, 6) is 3.50. The van der Waals surface area contributed by atoms with Crippen molar-refractivity contribution < 1.29 is 9.47 Å². The van der Waals surface area contributed by atoms with Crippen molar-refractivity contribution in [3.8, 4) is 28.6 Å². The van der Waals surface area contributed by atoms with E-state index in [4.69, 9.17) is 14.5 Å². The summed E-state index contributed by atoms with van der Waals surface area (Å²) in [7, 11) is 0. The Hall–Kier alpha value is -3.31. The van der Waals surface area contributed by atoms with Crippen LogP contribution in [0.4, 0.5) is 0 Å². The van der Waals surface area contributed by atoms with Gasteiger partial charge in [-0.05, 0) is 62.3 Å². The number of unbranched alkanes of at least 4 members (excludes halogenated alkanes) is 1. The van der Waals surface area contributed by atoms with E-state index in [1.54, 1.807) is 0 Å². The molecule has 3 aromatic carbocycles. The molecule has 1 heterocycles. The van der Waals surface area contributed by atoms with Gasteiger partial charge in [0.2, 0.25) is 0 Å². The highest BCUT2D eigenvalue weighted by Crippen LogP contribution is 2.31. The Balaban J connectivity index is 1.57. The Labute approximate surface area is 209 Å². The molecular weight excluding hydrogens is 434 g/mol. The van der Waals surface area contributed by atoms with Crippen LogP contribution in [0.25, 0.3) is 22.4 Å². The smallest absolute Gasteiger partial charge is 0.141 e. The lowest BCUT2D eigenvalue weighted by molar-refractivity contribution is 0.249. The van der Waals surface area contributed by atoms with Gasteiger partial charge in [0.05, 0.1) is 17.6 Å². The second kappa shape index (κ2) is 12.4. The molecule has 0 saturated heterocycles. The molecule has 0 atom stereocenters. The number of fused-ring (bicyclic) bond motifs is 1. The number of aromatic nitrogens is 2. The molecule has 35 heavy (non-hydrogen) atoms. The van der Waals surface area contributed by atoms with E-state index in [0.717, 1.165) is 91.7 Å². The van der Waals surface area contributed by atoms with Gasteiger partial charge in [-0.2, -0.15) is 0 Å². The van der Waals surface area contributed by atoms with Crippen LogP contribution in [-0.4, -0.2) is 40.7 Å². The average molecular weight is 472 g/mol. The minimum atomic E-state index is 0.719. The first-order valence-electron chi connectivity index (χ1n) is 12.9. The van der Waals surface area contributed by atoms with E-state index >= 15 is 0 Å². The number of benzene rings is 3. The predicted molar refractivity (Wildman–Crippen MR) is 144 cm³/mol. The van der Waals surface area contributed by atoms with E-state index in [2.05, 4.69) is 54.5 Å². The maximum Gasteiger partial charge on any atom is 0.141 e. The largest absolute Gasteiger partial charge is 0.493 e. The number of para-hydroxylation sites is 1. The molecule has 4 rings (SSSR count). The van der Waals surface area contributed by atoms with Crippen LogP contribution in [0, 0.1) is 0 Å². The van der Waals surface area contributed by atoms with Gasteiger partial charge in [-0.1, -0.05) is 57.5 Å². The summed E-state index contributed by atoms with van der Waals surface area (Å²) in [4.78, 5) is 7.44. The first-order valence-corrected chi connectivity index (χ1v) is 12.9. The Morgan fingerprint density at radius 3 is 2.37 bits per heavy atom. The number of hydrogen-bond acceptors (Lipinski definition) is 4. The quantitative estimate of drug-likeness (QED) is 0.190. The molecule has 184 valence electrons. The van der Waals surface area contributed by atoms with Crippen molar-refractivity contribution in [2.75, 3.05) is 26.2 Å². The SMILES string of the molecule is CCCCn1c(-c2cccc(Oc3ccccc3)c2)nc2ccc(OCCCN(CC)CC)cc21. The van der Waals surface area contributed by atoms with Crippen molar-refractivity contribution in [1.82, 2.24) is 14.5 Å². The van der Waals surface area contributed by atoms with E-state index in [1.807, 2.05) is 48.5 Å². The molecular formula is C30H37N3O2. The number of aryl methyl sites for hydroxylation is 1. The Morgan fingerprint density at radius 2 is 1.60 bits per heavy atom. The highest BCUT2D eigenvalue weighted by Gasteiger charge is 2.14. The van der Waals surface area contributed by atoms with Crippen molar-refractivity contribution in [1.29, 1.82) is 0 Å². The van der Waals surface area contributed by atoms with Gasteiger partial charge >= 0.3 is 0 Å². The van der Waals surface area contributed by atoms with Crippen LogP contribution in [0.5, 0.6) is 17.2 Å². The average Bonchev–Trinajstić information content (AvgIpc) is 3.26. The molecule has 4 aromatic rings. The third-order valence-electron chi connectivity index (χ3n) is 6.31. The minimum absolute atomic E-state index is 0.719. The summed E-state index contributed by atoms with van der Waals surface area (Å²) in [6.45, 7) is 11.5. The zero-order chi connectivity index (χ0) is 24.5. The molecule has 0 aliphatic carbocycles. The van der Waals surface area contributed by atoms with E-state index in [1.165, 1.54) is 0 Å². The molecule has 0 saturated carbocycles. The highest BCUT2D eigenvalue weighted by atomic mass is 16.5. The second-order valence-corrected chi connectivity index (χ2v) is 8.76. The molecule has 5 heteroatoms. The molecule has 0 fully saturated rings. The zero-order valence-corrected chi connectivity index (χ0v) is 21.2. The number of ether oxygens (including phenoxy) is 2. The van der Waals surface area contributed by atoms with Crippen molar-refractivity contribution >= 4 is 11.0 Å². The van der Waals surface area contributed by atoms with Crippen LogP contribution in [0.15, 0.2) is 72.8 Å². The van der Waals surface area contributed by atoms with Gasteiger partial charge in [0.15, 0.2) is 0 Å². The predicted octanol–water partition coefficient (Wildman–Crippen LogP) is 7.41. The lowest BCUT2D eigenvalue weighted by Crippen LogP contribution is -2.25. The molecule has 0 bridgehead atoms. The molecule has 0 spiro atoms. The summed E-state index contributed by atoms with van der Waals surface area (Å²) in [6.07, 6.45) is 3.24. The van der Waals surface area contributed by atoms with E-state index in [0.29, 0.717) is 0 Å². The van der Waals surface area contributed by atoms with Crippen LogP contribution in [0.3, 0.4) is 0 Å². The van der Waals surface area contributed by atoms with E-state index < -0.39 is 0 Å².